The van der Waals surface area contributed by atoms with Gasteiger partial charge in [-0.1, -0.05) is 12.1 Å². The number of carbonyl (C=O) groups is 1. The van der Waals surface area contributed by atoms with E-state index in [1.165, 1.54) is 24.1 Å². The highest BCUT2D eigenvalue weighted by molar-refractivity contribution is 14.0. The monoisotopic (exact) mass is 489 g/mol. The first-order valence-corrected chi connectivity index (χ1v) is 9.21. The van der Waals surface area contributed by atoms with Gasteiger partial charge >= 0.3 is 0 Å². The molecule has 1 unspecified atom stereocenters. The van der Waals surface area contributed by atoms with E-state index < -0.39 is 0 Å². The number of methoxy groups -OCH3 is 1. The van der Waals surface area contributed by atoms with Crippen LogP contribution in [0.3, 0.4) is 0 Å². The Kier molecular flexibility index (Phi) is 11.1. The summed E-state index contributed by atoms with van der Waals surface area (Å²) in [4.78, 5) is 18.4. The standard InChI is InChI=1S/C19H31N5O2.HI/c1-15(16-7-6-8-17(13-16)24-10-4-5-11-24)23-19(20-2)22-14-18(25)21-9-12-26-3;/h6-8,13,15H,4-5,9-12,14H2,1-3H3,(H,21,25)(H2,20,22,23);1H. The highest BCUT2D eigenvalue weighted by Crippen LogP contribution is 2.23. The predicted octanol–water partition coefficient (Wildman–Crippen LogP) is 1.89. The van der Waals surface area contributed by atoms with E-state index in [1.807, 2.05) is 0 Å². The van der Waals surface area contributed by atoms with Crippen molar-refractivity contribution in [3.05, 3.63) is 29.8 Å². The van der Waals surface area contributed by atoms with Crippen LogP contribution in [0.15, 0.2) is 29.3 Å². The fourth-order valence-electron chi connectivity index (χ4n) is 2.97. The van der Waals surface area contributed by atoms with Crippen LogP contribution in [-0.4, -0.2) is 58.8 Å². The zero-order valence-electron chi connectivity index (χ0n) is 16.5. The summed E-state index contributed by atoms with van der Waals surface area (Å²) in [5.41, 5.74) is 2.47. The Morgan fingerprint density at radius 2 is 2.04 bits per heavy atom. The van der Waals surface area contributed by atoms with Crippen molar-refractivity contribution in [1.82, 2.24) is 16.0 Å². The van der Waals surface area contributed by atoms with E-state index >= 15 is 0 Å². The first-order chi connectivity index (χ1) is 12.6. The molecule has 2 rings (SSSR count). The number of ether oxygens (including phenoxy) is 1. The molecule has 1 saturated heterocycles. The molecule has 7 nitrogen and oxygen atoms in total. The molecule has 1 aliphatic rings. The van der Waals surface area contributed by atoms with E-state index in [0.717, 1.165) is 13.1 Å². The topological polar surface area (TPSA) is 78.0 Å². The average molecular weight is 489 g/mol. The van der Waals surface area contributed by atoms with E-state index in [4.69, 9.17) is 4.74 Å². The van der Waals surface area contributed by atoms with Gasteiger partial charge in [-0.15, -0.1) is 24.0 Å². The van der Waals surface area contributed by atoms with Gasteiger partial charge in [0.15, 0.2) is 5.96 Å². The summed E-state index contributed by atoms with van der Waals surface area (Å²) in [5, 5.41) is 9.15. The third-order valence-electron chi connectivity index (χ3n) is 4.46. The van der Waals surface area contributed by atoms with Gasteiger partial charge in [-0.3, -0.25) is 9.79 Å². The maximum absolute atomic E-state index is 11.8. The zero-order valence-corrected chi connectivity index (χ0v) is 18.8. The highest BCUT2D eigenvalue weighted by Gasteiger charge is 2.14. The van der Waals surface area contributed by atoms with Crippen molar-refractivity contribution in [2.24, 2.45) is 4.99 Å². The summed E-state index contributed by atoms with van der Waals surface area (Å²) in [6.07, 6.45) is 2.53. The molecule has 0 aromatic heterocycles. The van der Waals surface area contributed by atoms with Crippen molar-refractivity contribution in [3.63, 3.8) is 0 Å². The predicted molar refractivity (Wildman–Crippen MR) is 121 cm³/mol. The number of guanidine groups is 1. The molecule has 1 amide bonds. The van der Waals surface area contributed by atoms with Crippen LogP contribution in [0.2, 0.25) is 0 Å². The third-order valence-corrected chi connectivity index (χ3v) is 4.46. The van der Waals surface area contributed by atoms with Gasteiger partial charge in [0.2, 0.25) is 5.91 Å². The molecule has 1 aromatic rings. The molecule has 1 aromatic carbocycles. The average Bonchev–Trinajstić information content (AvgIpc) is 3.20. The van der Waals surface area contributed by atoms with Gasteiger partial charge in [0.25, 0.3) is 0 Å². The number of hydrogen-bond acceptors (Lipinski definition) is 4. The van der Waals surface area contributed by atoms with Crippen molar-refractivity contribution in [1.29, 1.82) is 0 Å². The zero-order chi connectivity index (χ0) is 18.8. The minimum absolute atomic E-state index is 0. The fourth-order valence-corrected chi connectivity index (χ4v) is 2.97. The molecule has 0 saturated carbocycles. The number of rotatable bonds is 8. The lowest BCUT2D eigenvalue weighted by Crippen LogP contribution is -2.44. The molecular formula is C19H32IN5O2. The molecule has 27 heavy (non-hydrogen) atoms. The number of amides is 1. The maximum atomic E-state index is 11.8. The van der Waals surface area contributed by atoms with Gasteiger partial charge in [-0.05, 0) is 37.5 Å². The van der Waals surface area contributed by atoms with Gasteiger partial charge in [0.1, 0.15) is 0 Å². The Labute approximate surface area is 179 Å². The molecule has 1 heterocycles. The minimum Gasteiger partial charge on any atom is -0.383 e. The second-order valence-electron chi connectivity index (χ2n) is 6.42. The molecule has 1 fully saturated rings. The summed E-state index contributed by atoms with van der Waals surface area (Å²) in [6.45, 7) is 5.53. The van der Waals surface area contributed by atoms with Gasteiger partial charge < -0.3 is 25.6 Å². The van der Waals surface area contributed by atoms with Gasteiger partial charge in [0, 0.05) is 39.5 Å². The van der Waals surface area contributed by atoms with Crippen LogP contribution in [0.5, 0.6) is 0 Å². The fraction of sp³-hybridized carbons (Fsp3) is 0.579. The second kappa shape index (κ2) is 12.8. The van der Waals surface area contributed by atoms with Gasteiger partial charge in [-0.25, -0.2) is 0 Å². The van der Waals surface area contributed by atoms with Crippen LogP contribution in [0.1, 0.15) is 31.4 Å². The van der Waals surface area contributed by atoms with Gasteiger partial charge in [-0.2, -0.15) is 0 Å². The molecule has 0 bridgehead atoms. The molecule has 8 heteroatoms. The summed E-state index contributed by atoms with van der Waals surface area (Å²) in [6, 6.07) is 8.69. The first kappa shape index (κ1) is 23.5. The van der Waals surface area contributed by atoms with E-state index in [0.29, 0.717) is 19.1 Å². The van der Waals surface area contributed by atoms with Crippen molar-refractivity contribution < 1.29 is 9.53 Å². The molecule has 0 aliphatic carbocycles. The lowest BCUT2D eigenvalue weighted by Gasteiger charge is -2.22. The molecule has 3 N–H and O–H groups in total. The lowest BCUT2D eigenvalue weighted by molar-refractivity contribution is -0.120. The number of hydrogen-bond donors (Lipinski definition) is 3. The molecular weight excluding hydrogens is 457 g/mol. The van der Waals surface area contributed by atoms with Crippen molar-refractivity contribution in [2.75, 3.05) is 51.8 Å². The molecule has 1 aliphatic heterocycles. The third kappa shape index (κ3) is 7.92. The Hall–Kier alpha value is -1.55. The quantitative estimate of drug-likeness (QED) is 0.225. The number of anilines is 1. The van der Waals surface area contributed by atoms with Crippen molar-refractivity contribution >= 4 is 41.5 Å². The van der Waals surface area contributed by atoms with Crippen LogP contribution in [0, 0.1) is 0 Å². The number of halogens is 1. The Morgan fingerprint density at radius 3 is 2.70 bits per heavy atom. The van der Waals surface area contributed by atoms with Crippen LogP contribution in [-0.2, 0) is 9.53 Å². The highest BCUT2D eigenvalue weighted by atomic mass is 127. The van der Waals surface area contributed by atoms with E-state index in [2.05, 4.69) is 57.0 Å². The number of aliphatic imine (C=N–C) groups is 1. The summed E-state index contributed by atoms with van der Waals surface area (Å²) >= 11 is 0. The summed E-state index contributed by atoms with van der Waals surface area (Å²) in [7, 11) is 3.31. The van der Waals surface area contributed by atoms with Crippen LogP contribution in [0.25, 0.3) is 0 Å². The molecule has 1 atom stereocenters. The van der Waals surface area contributed by atoms with E-state index in [-0.39, 0.29) is 42.5 Å². The van der Waals surface area contributed by atoms with E-state index in [1.54, 1.807) is 14.2 Å². The minimum atomic E-state index is -0.0892. The number of benzene rings is 1. The summed E-state index contributed by atoms with van der Waals surface area (Å²) < 4.78 is 4.91. The van der Waals surface area contributed by atoms with Crippen LogP contribution >= 0.6 is 24.0 Å². The molecule has 0 radical (unpaired) electrons. The lowest BCUT2D eigenvalue weighted by atomic mass is 10.1. The Morgan fingerprint density at radius 1 is 1.30 bits per heavy atom. The van der Waals surface area contributed by atoms with Crippen molar-refractivity contribution in [2.45, 2.75) is 25.8 Å². The molecule has 0 spiro atoms. The van der Waals surface area contributed by atoms with E-state index in [9.17, 15) is 4.79 Å². The van der Waals surface area contributed by atoms with Crippen LogP contribution in [0.4, 0.5) is 5.69 Å². The second-order valence-corrected chi connectivity index (χ2v) is 6.42. The number of carbonyl (C=O) groups excluding carboxylic acids is 1. The van der Waals surface area contributed by atoms with Crippen LogP contribution < -0.4 is 20.9 Å². The molecule has 152 valence electrons. The smallest absolute Gasteiger partial charge is 0.239 e. The van der Waals surface area contributed by atoms with Gasteiger partial charge in [0.05, 0.1) is 19.2 Å². The number of nitrogens with zero attached hydrogens (tertiary/aromatic N) is 2. The summed E-state index contributed by atoms with van der Waals surface area (Å²) in [5.74, 6) is 0.514. The largest absolute Gasteiger partial charge is 0.383 e. The Balaban J connectivity index is 0.00000364. The SMILES string of the molecule is CN=C(NCC(=O)NCCOC)NC(C)c1cccc(N2CCCC2)c1.I. The number of nitrogens with one attached hydrogen (secondary N) is 3. The normalized spacial score (nSPS) is 15.1. The Bertz CT molecular complexity index is 606. The van der Waals surface area contributed by atoms with Crippen molar-refractivity contribution in [3.8, 4) is 0 Å². The maximum Gasteiger partial charge on any atom is 0.239 e. The first-order valence-electron chi connectivity index (χ1n) is 9.21.